The highest BCUT2D eigenvalue weighted by Gasteiger charge is 2.28. The molecule has 0 saturated heterocycles. The third kappa shape index (κ3) is 5.76. The molecule has 0 spiro atoms. The predicted molar refractivity (Wildman–Crippen MR) is 138 cm³/mol. The summed E-state index contributed by atoms with van der Waals surface area (Å²) in [6, 6.07) is 22.6. The molecule has 3 aromatic carbocycles. The quantitative estimate of drug-likeness (QED) is 0.255. The number of benzene rings is 3. The molecule has 1 aliphatic heterocycles. The minimum atomic E-state index is -0.345. The second-order valence-corrected chi connectivity index (χ2v) is 8.14. The van der Waals surface area contributed by atoms with Gasteiger partial charge in [0.2, 0.25) is 0 Å². The third-order valence-corrected chi connectivity index (χ3v) is 5.41. The van der Waals surface area contributed by atoms with Crippen LogP contribution in [0.25, 0.3) is 11.3 Å². The molecule has 0 bridgehead atoms. The number of fused-ring (bicyclic) bond motifs is 1. The number of hydroxylamine groups is 2. The topological polar surface area (TPSA) is 97.7 Å². The Kier molecular flexibility index (Phi) is 7.27. The smallest absolute Gasteiger partial charge is 0.296 e. The summed E-state index contributed by atoms with van der Waals surface area (Å²) in [4.78, 5) is 24.8. The van der Waals surface area contributed by atoms with Crippen molar-refractivity contribution in [3.63, 3.8) is 0 Å². The minimum absolute atomic E-state index is 0.104. The number of quaternary nitrogens is 1. The maximum Gasteiger partial charge on any atom is 0.296 e. The summed E-state index contributed by atoms with van der Waals surface area (Å²) in [6.45, 7) is 2.72. The van der Waals surface area contributed by atoms with E-state index in [1.165, 1.54) is 0 Å². The van der Waals surface area contributed by atoms with Crippen molar-refractivity contribution in [3.05, 3.63) is 100 Å². The maximum absolute atomic E-state index is 13.1. The number of nitrogens with one attached hydrogen (secondary N) is 4. The average molecular weight is 467 g/mol. The van der Waals surface area contributed by atoms with Gasteiger partial charge in [-0.1, -0.05) is 54.5 Å². The molecule has 1 aliphatic rings. The van der Waals surface area contributed by atoms with Crippen LogP contribution in [0.1, 0.15) is 29.2 Å². The van der Waals surface area contributed by atoms with E-state index in [9.17, 15) is 14.8 Å². The molecule has 176 valence electrons. The van der Waals surface area contributed by atoms with E-state index < -0.39 is 0 Å². The lowest BCUT2D eigenvalue weighted by molar-refractivity contribution is -0.840. The van der Waals surface area contributed by atoms with Crippen molar-refractivity contribution < 1.29 is 14.7 Å². The van der Waals surface area contributed by atoms with Crippen LogP contribution in [0, 0.1) is 17.0 Å². The average Bonchev–Trinajstić information content (AvgIpc) is 3.17. The van der Waals surface area contributed by atoms with Gasteiger partial charge in [0.15, 0.2) is 0 Å². The Morgan fingerprint density at radius 2 is 1.80 bits per heavy atom. The molecule has 0 aliphatic carbocycles. The van der Waals surface area contributed by atoms with Crippen LogP contribution in [-0.4, -0.2) is 25.4 Å². The van der Waals surface area contributed by atoms with E-state index in [1.807, 2.05) is 67.6 Å². The van der Waals surface area contributed by atoms with Crippen molar-refractivity contribution in [2.75, 3.05) is 24.2 Å². The Morgan fingerprint density at radius 1 is 1.06 bits per heavy atom. The third-order valence-electron chi connectivity index (χ3n) is 5.41. The number of hydrogen-bond acceptors (Lipinski definition) is 4. The van der Waals surface area contributed by atoms with E-state index in [0.717, 1.165) is 22.4 Å². The summed E-state index contributed by atoms with van der Waals surface area (Å²) in [7, 11) is 1.57. The highest BCUT2D eigenvalue weighted by atomic mass is 16.5. The van der Waals surface area contributed by atoms with Gasteiger partial charge in [-0.2, -0.15) is 0 Å². The summed E-state index contributed by atoms with van der Waals surface area (Å²) >= 11 is 0. The standard InChI is InChI=1S/C28H26N4O3/c1-3-29-25(33)16-12-19-11-15-23-24(17-19)31-28(34)26(23)27(21-7-5-4-6-8-21)30-22-13-9-20(10-14-22)18-32(2)35/h4-11,13-15,17,30,32H,3,18H2,1-2H3,(H,29,33)(H,31,34)/b27-26-. The summed E-state index contributed by atoms with van der Waals surface area (Å²) in [5.41, 5.74) is 5.80. The second-order valence-electron chi connectivity index (χ2n) is 8.14. The van der Waals surface area contributed by atoms with Crippen molar-refractivity contribution >= 4 is 34.5 Å². The number of carbonyl (C=O) groups is 2. The molecule has 7 nitrogen and oxygen atoms in total. The highest BCUT2D eigenvalue weighted by Crippen LogP contribution is 2.38. The highest BCUT2D eigenvalue weighted by molar-refractivity contribution is 6.37. The number of carbonyl (C=O) groups excluding carboxylic acids is 2. The lowest BCUT2D eigenvalue weighted by atomic mass is 9.99. The van der Waals surface area contributed by atoms with Crippen LogP contribution in [0.2, 0.25) is 0 Å². The Balaban J connectivity index is 1.72. The van der Waals surface area contributed by atoms with E-state index in [2.05, 4.69) is 27.8 Å². The molecule has 0 fully saturated rings. The fraction of sp³-hybridized carbons (Fsp3) is 0.143. The lowest BCUT2D eigenvalue weighted by Gasteiger charge is -2.17. The normalized spacial score (nSPS) is 14.2. The van der Waals surface area contributed by atoms with E-state index in [-0.39, 0.29) is 16.9 Å². The SMILES string of the molecule is CCNC(=O)C#Cc1ccc2c(c1)NC(=O)/C2=C(\Nc1ccc(C[NH+](C)[O-])cc1)c1ccccc1. The molecular formula is C28H26N4O3. The van der Waals surface area contributed by atoms with Gasteiger partial charge in [-0.15, -0.1) is 0 Å². The summed E-state index contributed by atoms with van der Waals surface area (Å²) in [5, 5.41) is 20.5. The van der Waals surface area contributed by atoms with Crippen molar-refractivity contribution in [3.8, 4) is 11.8 Å². The van der Waals surface area contributed by atoms with Gasteiger partial charge in [-0.25, -0.2) is 0 Å². The Bertz CT molecular complexity index is 1330. The van der Waals surface area contributed by atoms with Gasteiger partial charge >= 0.3 is 0 Å². The molecule has 0 saturated carbocycles. The van der Waals surface area contributed by atoms with E-state index >= 15 is 0 Å². The first-order chi connectivity index (χ1) is 16.9. The molecule has 4 N–H and O–H groups in total. The first-order valence-electron chi connectivity index (χ1n) is 11.4. The van der Waals surface area contributed by atoms with Crippen LogP contribution in [-0.2, 0) is 16.1 Å². The fourth-order valence-corrected chi connectivity index (χ4v) is 3.85. The molecule has 2 amide bonds. The van der Waals surface area contributed by atoms with E-state index in [1.54, 1.807) is 19.2 Å². The zero-order valence-electron chi connectivity index (χ0n) is 19.6. The van der Waals surface area contributed by atoms with Crippen LogP contribution in [0.5, 0.6) is 0 Å². The van der Waals surface area contributed by atoms with Gasteiger partial charge in [0.05, 0.1) is 24.0 Å². The number of amides is 2. The van der Waals surface area contributed by atoms with Crippen molar-refractivity contribution in [2.24, 2.45) is 0 Å². The zero-order valence-corrected chi connectivity index (χ0v) is 19.6. The summed E-state index contributed by atoms with van der Waals surface area (Å²) in [6.07, 6.45) is 0. The van der Waals surface area contributed by atoms with Crippen LogP contribution < -0.4 is 21.0 Å². The molecule has 1 atom stereocenters. The molecule has 35 heavy (non-hydrogen) atoms. The van der Waals surface area contributed by atoms with Crippen LogP contribution in [0.4, 0.5) is 11.4 Å². The second kappa shape index (κ2) is 10.7. The van der Waals surface area contributed by atoms with Crippen molar-refractivity contribution in [1.29, 1.82) is 0 Å². The Morgan fingerprint density at radius 3 is 2.49 bits per heavy atom. The molecule has 4 rings (SSSR count). The largest absolute Gasteiger partial charge is 0.634 e. The van der Waals surface area contributed by atoms with Gasteiger partial charge in [0, 0.05) is 34.8 Å². The minimum Gasteiger partial charge on any atom is -0.634 e. The predicted octanol–water partition coefficient (Wildman–Crippen LogP) is 2.62. The lowest BCUT2D eigenvalue weighted by Crippen LogP contribution is -3.02. The Hall–Kier alpha value is -4.38. The first kappa shape index (κ1) is 23.8. The van der Waals surface area contributed by atoms with Crippen LogP contribution in [0.15, 0.2) is 72.8 Å². The molecule has 7 heteroatoms. The van der Waals surface area contributed by atoms with Crippen molar-refractivity contribution in [1.82, 2.24) is 5.32 Å². The summed E-state index contributed by atoms with van der Waals surface area (Å²) in [5.74, 6) is 4.82. The van der Waals surface area contributed by atoms with Crippen LogP contribution in [0.3, 0.4) is 0 Å². The molecule has 3 aromatic rings. The van der Waals surface area contributed by atoms with Gasteiger partial charge < -0.3 is 26.2 Å². The first-order valence-corrected chi connectivity index (χ1v) is 11.4. The number of anilines is 2. The van der Waals surface area contributed by atoms with Crippen molar-refractivity contribution in [2.45, 2.75) is 13.5 Å². The van der Waals surface area contributed by atoms with Gasteiger partial charge in [-0.05, 0) is 36.8 Å². The number of hydrogen-bond donors (Lipinski definition) is 4. The molecular weight excluding hydrogens is 440 g/mol. The molecule has 0 radical (unpaired) electrons. The van der Waals surface area contributed by atoms with E-state index in [0.29, 0.717) is 35.6 Å². The molecule has 0 aromatic heterocycles. The Labute approximate surface area is 204 Å². The van der Waals surface area contributed by atoms with Gasteiger partial charge in [0.25, 0.3) is 11.8 Å². The van der Waals surface area contributed by atoms with Gasteiger partial charge in [-0.3, -0.25) is 9.59 Å². The fourth-order valence-electron chi connectivity index (χ4n) is 3.85. The maximum atomic E-state index is 13.1. The van der Waals surface area contributed by atoms with E-state index in [4.69, 9.17) is 0 Å². The zero-order chi connectivity index (χ0) is 24.8. The molecule has 1 heterocycles. The number of rotatable bonds is 6. The monoisotopic (exact) mass is 466 g/mol. The van der Waals surface area contributed by atoms with Gasteiger partial charge in [0.1, 0.15) is 6.54 Å². The summed E-state index contributed by atoms with van der Waals surface area (Å²) < 4.78 is 0. The van der Waals surface area contributed by atoms with Crippen LogP contribution >= 0.6 is 0 Å². The molecule has 1 unspecified atom stereocenters.